The Kier molecular flexibility index (Phi) is 7.20. The number of rotatable bonds is 8. The van der Waals surface area contributed by atoms with Crippen LogP contribution in [-0.4, -0.2) is 37.5 Å². The highest BCUT2D eigenvalue weighted by molar-refractivity contribution is 4.56. The smallest absolute Gasteiger partial charge is 0.193 e. The first-order chi connectivity index (χ1) is 7.10. The Morgan fingerprint density at radius 1 is 1.00 bits per heavy atom. The summed E-state index contributed by atoms with van der Waals surface area (Å²) in [4.78, 5) is 0. The molecular weight excluding hydrogens is 186 g/mol. The van der Waals surface area contributed by atoms with E-state index < -0.39 is 0 Å². The Hall–Kier alpha value is -0.0800. The summed E-state index contributed by atoms with van der Waals surface area (Å²) in [5.74, 6) is 0.761. The Morgan fingerprint density at radius 3 is 1.73 bits per heavy atom. The SMILES string of the molecule is CCC(C)CC(OC)[N+](CC)(CC)CC. The van der Waals surface area contributed by atoms with Crippen LogP contribution in [-0.2, 0) is 4.74 Å². The lowest BCUT2D eigenvalue weighted by atomic mass is 10.0. The molecule has 2 nitrogen and oxygen atoms in total. The monoisotopic (exact) mass is 216 g/mol. The van der Waals surface area contributed by atoms with Gasteiger partial charge in [0.25, 0.3) is 0 Å². The van der Waals surface area contributed by atoms with E-state index in [-0.39, 0.29) is 0 Å². The van der Waals surface area contributed by atoms with Crippen LogP contribution < -0.4 is 0 Å². The first-order valence-corrected chi connectivity index (χ1v) is 6.48. The van der Waals surface area contributed by atoms with Crippen molar-refractivity contribution in [2.75, 3.05) is 26.7 Å². The van der Waals surface area contributed by atoms with Crippen LogP contribution in [0.5, 0.6) is 0 Å². The third-order valence-corrected chi connectivity index (χ3v) is 4.07. The van der Waals surface area contributed by atoms with Crippen LogP contribution in [0.3, 0.4) is 0 Å². The van der Waals surface area contributed by atoms with E-state index in [1.165, 1.54) is 32.5 Å². The van der Waals surface area contributed by atoms with Crippen LogP contribution in [0.15, 0.2) is 0 Å². The number of hydrogen-bond donors (Lipinski definition) is 0. The average molecular weight is 216 g/mol. The van der Waals surface area contributed by atoms with Gasteiger partial charge >= 0.3 is 0 Å². The lowest BCUT2D eigenvalue weighted by Crippen LogP contribution is -2.56. The van der Waals surface area contributed by atoms with Crippen molar-refractivity contribution >= 4 is 0 Å². The second-order valence-electron chi connectivity index (χ2n) is 4.61. The van der Waals surface area contributed by atoms with Gasteiger partial charge in [-0.15, -0.1) is 0 Å². The number of quaternary nitrogens is 1. The fraction of sp³-hybridized carbons (Fsp3) is 1.00. The molecular formula is C13H30NO+. The molecule has 2 unspecified atom stereocenters. The van der Waals surface area contributed by atoms with E-state index in [0.29, 0.717) is 6.23 Å². The lowest BCUT2D eigenvalue weighted by molar-refractivity contribution is -0.967. The van der Waals surface area contributed by atoms with Crippen LogP contribution in [0.4, 0.5) is 0 Å². The average Bonchev–Trinajstić information content (AvgIpc) is 2.29. The largest absolute Gasteiger partial charge is 0.332 e. The zero-order valence-electron chi connectivity index (χ0n) is 11.5. The molecule has 0 bridgehead atoms. The molecule has 2 atom stereocenters. The zero-order valence-corrected chi connectivity index (χ0v) is 11.5. The fourth-order valence-electron chi connectivity index (χ4n) is 2.34. The van der Waals surface area contributed by atoms with Gasteiger partial charge in [0.1, 0.15) is 0 Å². The summed E-state index contributed by atoms with van der Waals surface area (Å²) in [6.07, 6.45) is 2.81. The van der Waals surface area contributed by atoms with E-state index >= 15 is 0 Å². The van der Waals surface area contributed by atoms with Gasteiger partial charge in [0.2, 0.25) is 0 Å². The maximum absolute atomic E-state index is 5.73. The van der Waals surface area contributed by atoms with E-state index in [1.54, 1.807) is 0 Å². The second kappa shape index (κ2) is 7.24. The molecule has 0 aromatic rings. The van der Waals surface area contributed by atoms with Gasteiger partial charge in [0.05, 0.1) is 19.6 Å². The molecule has 92 valence electrons. The molecule has 0 aliphatic rings. The number of nitrogens with zero attached hydrogens (tertiary/aromatic N) is 1. The molecule has 0 saturated heterocycles. The fourth-order valence-corrected chi connectivity index (χ4v) is 2.34. The molecule has 15 heavy (non-hydrogen) atoms. The highest BCUT2D eigenvalue weighted by Gasteiger charge is 2.33. The standard InChI is InChI=1S/C13H30NO/c1-7-12(5)11-13(15-6)14(8-2,9-3)10-4/h12-13H,7-11H2,1-6H3/q+1. The van der Waals surface area contributed by atoms with E-state index in [1.807, 2.05) is 7.11 Å². The highest BCUT2D eigenvalue weighted by Crippen LogP contribution is 2.22. The molecule has 0 heterocycles. The van der Waals surface area contributed by atoms with Gasteiger partial charge < -0.3 is 4.74 Å². The van der Waals surface area contributed by atoms with Gasteiger partial charge in [0.15, 0.2) is 6.23 Å². The minimum absolute atomic E-state index is 0.375. The highest BCUT2D eigenvalue weighted by atomic mass is 16.5. The molecule has 0 amide bonds. The zero-order chi connectivity index (χ0) is 11.9. The molecule has 0 rings (SSSR count). The number of hydrogen-bond acceptors (Lipinski definition) is 1. The van der Waals surface area contributed by atoms with Crippen LogP contribution in [0.1, 0.15) is 47.5 Å². The molecule has 0 aromatic heterocycles. The van der Waals surface area contributed by atoms with E-state index in [2.05, 4.69) is 34.6 Å². The molecule has 0 radical (unpaired) electrons. The first kappa shape index (κ1) is 14.9. The topological polar surface area (TPSA) is 9.23 Å². The third kappa shape index (κ3) is 3.76. The van der Waals surface area contributed by atoms with Crippen LogP contribution in [0.2, 0.25) is 0 Å². The predicted molar refractivity (Wildman–Crippen MR) is 66.8 cm³/mol. The van der Waals surface area contributed by atoms with Gasteiger partial charge in [-0.05, 0) is 26.7 Å². The van der Waals surface area contributed by atoms with Crippen molar-refractivity contribution in [3.05, 3.63) is 0 Å². The van der Waals surface area contributed by atoms with E-state index in [9.17, 15) is 0 Å². The summed E-state index contributed by atoms with van der Waals surface area (Å²) in [7, 11) is 1.86. The van der Waals surface area contributed by atoms with Crippen LogP contribution in [0.25, 0.3) is 0 Å². The van der Waals surface area contributed by atoms with Gasteiger partial charge in [-0.25, -0.2) is 0 Å². The van der Waals surface area contributed by atoms with Gasteiger partial charge in [-0.3, -0.25) is 4.48 Å². The normalized spacial score (nSPS) is 16.4. The Labute approximate surface area is 96.2 Å². The number of methoxy groups -OCH3 is 1. The quantitative estimate of drug-likeness (QED) is 0.447. The first-order valence-electron chi connectivity index (χ1n) is 6.48. The van der Waals surface area contributed by atoms with E-state index in [4.69, 9.17) is 4.74 Å². The van der Waals surface area contributed by atoms with Crippen molar-refractivity contribution in [1.29, 1.82) is 0 Å². The van der Waals surface area contributed by atoms with Gasteiger partial charge in [-0.2, -0.15) is 0 Å². The number of ether oxygens (including phenoxy) is 1. The summed E-state index contributed by atoms with van der Waals surface area (Å²) in [6, 6.07) is 0. The van der Waals surface area contributed by atoms with Crippen molar-refractivity contribution in [1.82, 2.24) is 0 Å². The van der Waals surface area contributed by atoms with E-state index in [0.717, 1.165) is 10.4 Å². The summed E-state index contributed by atoms with van der Waals surface area (Å²) < 4.78 is 6.83. The Balaban J connectivity index is 4.58. The summed E-state index contributed by atoms with van der Waals surface area (Å²) in [5, 5.41) is 0. The van der Waals surface area contributed by atoms with Crippen molar-refractivity contribution in [3.63, 3.8) is 0 Å². The minimum atomic E-state index is 0.375. The second-order valence-corrected chi connectivity index (χ2v) is 4.61. The van der Waals surface area contributed by atoms with Crippen LogP contribution in [0, 0.1) is 5.92 Å². The third-order valence-electron chi connectivity index (χ3n) is 4.07. The minimum Gasteiger partial charge on any atom is -0.332 e. The predicted octanol–water partition coefficient (Wildman–Crippen LogP) is 3.27. The molecule has 0 saturated carbocycles. The summed E-state index contributed by atoms with van der Waals surface area (Å²) in [6.45, 7) is 14.9. The molecule has 0 aliphatic heterocycles. The lowest BCUT2D eigenvalue weighted by Gasteiger charge is -2.42. The molecule has 0 spiro atoms. The van der Waals surface area contributed by atoms with Crippen molar-refractivity contribution < 1.29 is 9.22 Å². The van der Waals surface area contributed by atoms with Gasteiger partial charge in [-0.1, -0.05) is 20.3 Å². The van der Waals surface area contributed by atoms with Gasteiger partial charge in [0, 0.05) is 13.5 Å². The van der Waals surface area contributed by atoms with Crippen molar-refractivity contribution in [2.24, 2.45) is 5.92 Å². The van der Waals surface area contributed by atoms with Crippen molar-refractivity contribution in [3.8, 4) is 0 Å². The molecule has 0 N–H and O–H groups in total. The Bertz CT molecular complexity index is 146. The summed E-state index contributed by atoms with van der Waals surface area (Å²) in [5.41, 5.74) is 0. The molecule has 0 aromatic carbocycles. The maximum atomic E-state index is 5.73. The van der Waals surface area contributed by atoms with Crippen LogP contribution >= 0.6 is 0 Å². The molecule has 2 heteroatoms. The molecule has 0 fully saturated rings. The summed E-state index contributed by atoms with van der Waals surface area (Å²) >= 11 is 0. The maximum Gasteiger partial charge on any atom is 0.193 e. The Morgan fingerprint density at radius 2 is 1.47 bits per heavy atom. The van der Waals surface area contributed by atoms with Crippen molar-refractivity contribution in [2.45, 2.75) is 53.7 Å². The molecule has 0 aliphatic carbocycles.